The molecule has 104 valence electrons. The van der Waals surface area contributed by atoms with Crippen LogP contribution in [0.4, 0.5) is 0 Å². The number of amides is 1. The molecule has 4 nitrogen and oxygen atoms in total. The van der Waals surface area contributed by atoms with E-state index in [0.717, 1.165) is 38.2 Å². The monoisotopic (exact) mass is 263 g/mol. The number of carbonyl (C=O) groups excluding carboxylic acids is 1. The van der Waals surface area contributed by atoms with Crippen LogP contribution in [0.5, 0.6) is 5.75 Å². The molecule has 0 bridgehead atoms. The van der Waals surface area contributed by atoms with Crippen molar-refractivity contribution in [3.05, 3.63) is 29.3 Å². The molecule has 0 aromatic heterocycles. The van der Waals surface area contributed by atoms with Gasteiger partial charge in [0.05, 0.1) is 5.56 Å². The van der Waals surface area contributed by atoms with Crippen molar-refractivity contribution in [2.45, 2.75) is 19.8 Å². The largest absolute Gasteiger partial charge is 0.507 e. The molecular weight excluding hydrogens is 242 g/mol. The van der Waals surface area contributed by atoms with Gasteiger partial charge < -0.3 is 14.7 Å². The van der Waals surface area contributed by atoms with Crippen LogP contribution in [0.1, 0.15) is 28.8 Å². The van der Waals surface area contributed by atoms with Gasteiger partial charge in [-0.1, -0.05) is 12.1 Å². The van der Waals surface area contributed by atoms with E-state index in [2.05, 4.69) is 0 Å². The van der Waals surface area contributed by atoms with Crippen molar-refractivity contribution in [2.75, 3.05) is 26.8 Å². The molecule has 1 fully saturated rings. The Labute approximate surface area is 114 Å². The molecule has 0 unspecified atom stereocenters. The first-order valence-electron chi connectivity index (χ1n) is 6.71. The third-order valence-corrected chi connectivity index (χ3v) is 3.69. The summed E-state index contributed by atoms with van der Waals surface area (Å²) in [6.07, 6.45) is 1.99. The molecule has 19 heavy (non-hydrogen) atoms. The van der Waals surface area contributed by atoms with Crippen molar-refractivity contribution >= 4 is 5.91 Å². The SMILES string of the molecule is Cc1cccc(C(=O)N(C)CC2CCOCC2)c1O. The normalized spacial score (nSPS) is 16.3. The van der Waals surface area contributed by atoms with E-state index in [1.165, 1.54) is 0 Å². The van der Waals surface area contributed by atoms with Crippen LogP contribution < -0.4 is 0 Å². The quantitative estimate of drug-likeness (QED) is 0.909. The summed E-state index contributed by atoms with van der Waals surface area (Å²) in [5.41, 5.74) is 1.11. The summed E-state index contributed by atoms with van der Waals surface area (Å²) < 4.78 is 5.32. The van der Waals surface area contributed by atoms with Gasteiger partial charge in [-0.15, -0.1) is 0 Å². The van der Waals surface area contributed by atoms with E-state index in [4.69, 9.17) is 4.74 Å². The maximum atomic E-state index is 12.3. The molecule has 4 heteroatoms. The highest BCUT2D eigenvalue weighted by Crippen LogP contribution is 2.23. The number of aryl methyl sites for hydroxylation is 1. The molecule has 1 N–H and O–H groups in total. The summed E-state index contributed by atoms with van der Waals surface area (Å²) in [7, 11) is 1.79. The maximum absolute atomic E-state index is 12.3. The van der Waals surface area contributed by atoms with E-state index in [1.807, 2.05) is 0 Å². The van der Waals surface area contributed by atoms with Crippen LogP contribution >= 0.6 is 0 Å². The number of hydrogen-bond acceptors (Lipinski definition) is 3. The van der Waals surface area contributed by atoms with Gasteiger partial charge in [0.25, 0.3) is 5.91 Å². The zero-order valence-electron chi connectivity index (χ0n) is 11.6. The zero-order chi connectivity index (χ0) is 13.8. The lowest BCUT2D eigenvalue weighted by molar-refractivity contribution is 0.0496. The van der Waals surface area contributed by atoms with E-state index in [1.54, 1.807) is 37.1 Å². The molecule has 2 rings (SSSR count). The summed E-state index contributed by atoms with van der Waals surface area (Å²) in [5, 5.41) is 9.96. The highest BCUT2D eigenvalue weighted by molar-refractivity contribution is 5.97. The number of phenols is 1. The van der Waals surface area contributed by atoms with E-state index in [-0.39, 0.29) is 11.7 Å². The molecule has 0 spiro atoms. The molecule has 1 aliphatic rings. The van der Waals surface area contributed by atoms with Crippen LogP contribution in [0.15, 0.2) is 18.2 Å². The van der Waals surface area contributed by atoms with E-state index in [0.29, 0.717) is 11.5 Å². The minimum Gasteiger partial charge on any atom is -0.507 e. The number of hydrogen-bond donors (Lipinski definition) is 1. The van der Waals surface area contributed by atoms with Gasteiger partial charge in [-0.3, -0.25) is 4.79 Å². The number of para-hydroxylation sites is 1. The standard InChI is InChI=1S/C15H21NO3/c1-11-4-3-5-13(14(11)17)15(18)16(2)10-12-6-8-19-9-7-12/h3-5,12,17H,6-10H2,1-2H3. The van der Waals surface area contributed by atoms with Gasteiger partial charge in [-0.05, 0) is 37.3 Å². The summed E-state index contributed by atoms with van der Waals surface area (Å²) in [5.74, 6) is 0.466. The first kappa shape index (κ1) is 13.9. The number of aromatic hydroxyl groups is 1. The van der Waals surface area contributed by atoms with Gasteiger partial charge >= 0.3 is 0 Å². The number of nitrogens with zero attached hydrogens (tertiary/aromatic N) is 1. The molecule has 1 aliphatic heterocycles. The average Bonchev–Trinajstić information content (AvgIpc) is 2.42. The van der Waals surface area contributed by atoms with Gasteiger partial charge in [0.15, 0.2) is 0 Å². The molecule has 0 radical (unpaired) electrons. The first-order valence-corrected chi connectivity index (χ1v) is 6.71. The minimum atomic E-state index is -0.118. The van der Waals surface area contributed by atoms with Gasteiger partial charge in [0.1, 0.15) is 5.75 Å². The Morgan fingerprint density at radius 1 is 1.42 bits per heavy atom. The molecule has 0 aliphatic carbocycles. The number of phenolic OH excluding ortho intramolecular Hbond substituents is 1. The highest BCUT2D eigenvalue weighted by atomic mass is 16.5. The third-order valence-electron chi connectivity index (χ3n) is 3.69. The van der Waals surface area contributed by atoms with Crippen LogP contribution in [0.2, 0.25) is 0 Å². The van der Waals surface area contributed by atoms with E-state index in [9.17, 15) is 9.90 Å². The molecule has 1 aromatic carbocycles. The Kier molecular flexibility index (Phi) is 4.43. The second kappa shape index (κ2) is 6.06. The third kappa shape index (κ3) is 3.26. The van der Waals surface area contributed by atoms with Crippen LogP contribution in [0.3, 0.4) is 0 Å². The van der Waals surface area contributed by atoms with Crippen LogP contribution in [-0.2, 0) is 4.74 Å². The van der Waals surface area contributed by atoms with E-state index >= 15 is 0 Å². The van der Waals surface area contributed by atoms with E-state index < -0.39 is 0 Å². The lowest BCUT2D eigenvalue weighted by Crippen LogP contribution is -2.34. The molecule has 0 saturated carbocycles. The summed E-state index contributed by atoms with van der Waals surface area (Å²) in [6, 6.07) is 5.26. The second-order valence-electron chi connectivity index (χ2n) is 5.21. The van der Waals surface area contributed by atoms with Gasteiger partial charge in [0.2, 0.25) is 0 Å². The van der Waals surface area contributed by atoms with Crippen molar-refractivity contribution in [1.82, 2.24) is 4.90 Å². The topological polar surface area (TPSA) is 49.8 Å². The number of benzene rings is 1. The van der Waals surface area contributed by atoms with Gasteiger partial charge in [0, 0.05) is 26.8 Å². The lowest BCUT2D eigenvalue weighted by atomic mass is 9.99. The number of rotatable bonds is 3. The Morgan fingerprint density at radius 2 is 2.11 bits per heavy atom. The fraction of sp³-hybridized carbons (Fsp3) is 0.533. The highest BCUT2D eigenvalue weighted by Gasteiger charge is 2.21. The van der Waals surface area contributed by atoms with Crippen LogP contribution in [0.25, 0.3) is 0 Å². The predicted octanol–water partition coefficient (Wildman–Crippen LogP) is 2.20. The molecule has 0 atom stereocenters. The van der Waals surface area contributed by atoms with Crippen molar-refractivity contribution in [1.29, 1.82) is 0 Å². The molecular formula is C15H21NO3. The Balaban J connectivity index is 2.03. The summed E-state index contributed by atoms with van der Waals surface area (Å²) in [4.78, 5) is 14.0. The summed E-state index contributed by atoms with van der Waals surface area (Å²) >= 11 is 0. The molecule has 1 saturated heterocycles. The first-order chi connectivity index (χ1) is 9.09. The predicted molar refractivity (Wildman–Crippen MR) is 73.3 cm³/mol. The average molecular weight is 263 g/mol. The van der Waals surface area contributed by atoms with Crippen molar-refractivity contribution in [3.8, 4) is 5.75 Å². The Morgan fingerprint density at radius 3 is 2.79 bits per heavy atom. The Hall–Kier alpha value is -1.55. The van der Waals surface area contributed by atoms with Gasteiger partial charge in [-0.25, -0.2) is 0 Å². The van der Waals surface area contributed by atoms with Gasteiger partial charge in [-0.2, -0.15) is 0 Å². The molecule has 1 heterocycles. The van der Waals surface area contributed by atoms with Crippen LogP contribution in [0, 0.1) is 12.8 Å². The zero-order valence-corrected chi connectivity index (χ0v) is 11.6. The van der Waals surface area contributed by atoms with Crippen molar-refractivity contribution in [2.24, 2.45) is 5.92 Å². The fourth-order valence-electron chi connectivity index (χ4n) is 2.44. The maximum Gasteiger partial charge on any atom is 0.257 e. The minimum absolute atomic E-state index is 0.0892. The van der Waals surface area contributed by atoms with Crippen molar-refractivity contribution in [3.63, 3.8) is 0 Å². The lowest BCUT2D eigenvalue weighted by Gasteiger charge is -2.27. The summed E-state index contributed by atoms with van der Waals surface area (Å²) in [6.45, 7) is 4.07. The van der Waals surface area contributed by atoms with Crippen molar-refractivity contribution < 1.29 is 14.6 Å². The Bertz CT molecular complexity index is 453. The van der Waals surface area contributed by atoms with Crippen LogP contribution in [-0.4, -0.2) is 42.7 Å². The number of carbonyl (C=O) groups is 1. The second-order valence-corrected chi connectivity index (χ2v) is 5.21. The molecule has 1 amide bonds. The smallest absolute Gasteiger partial charge is 0.257 e. The molecule has 1 aromatic rings. The fourth-order valence-corrected chi connectivity index (χ4v) is 2.44. The number of ether oxygens (including phenoxy) is 1.